The van der Waals surface area contributed by atoms with E-state index < -0.39 is 152 Å². The average molecular weight is 1350 g/mol. The van der Waals surface area contributed by atoms with Gasteiger partial charge in [-0.05, 0) is 188 Å². The summed E-state index contributed by atoms with van der Waals surface area (Å²) in [6.07, 6.45) is 0. The van der Waals surface area contributed by atoms with E-state index in [1.165, 1.54) is 0 Å². The molecule has 74 heavy (non-hydrogen) atoms. The number of hydrogen-bond acceptors (Lipinski definition) is 16. The van der Waals surface area contributed by atoms with Gasteiger partial charge in [-0.15, -0.1) is 0 Å². The molecule has 0 radical (unpaired) electrons. The molecule has 452 valence electrons. The Labute approximate surface area is 484 Å². The zero-order chi connectivity index (χ0) is 52.4. The van der Waals surface area contributed by atoms with Gasteiger partial charge >= 0.3 is 77.0 Å². The zero-order valence-corrected chi connectivity index (χ0v) is 67.1. The van der Waals surface area contributed by atoms with Crippen molar-refractivity contribution in [3.05, 3.63) is 0 Å². The molecule has 0 bridgehead atoms. The molecule has 0 aromatic carbocycles. The zero-order valence-electron chi connectivity index (χ0n) is 47.6. The molecule has 4 unspecified atom stereocenters. The monoisotopic (exact) mass is 1350 g/mol. The number of hydrogen-bond donors (Lipinski definition) is 0. The number of rotatable bonds is 34. The Bertz CT molecular complexity index is 1320. The minimum Gasteiger partial charge on any atom is -0.437 e. The van der Waals surface area contributed by atoms with Crippen LogP contribution in [0.2, 0.25) is 188 Å². The van der Waals surface area contributed by atoms with Gasteiger partial charge in [-0.3, -0.25) is 0 Å². The maximum Gasteiger partial charge on any atom is 0.317 e. The largest absolute Gasteiger partial charge is 0.437 e. The summed E-state index contributed by atoms with van der Waals surface area (Å²) in [5, 5.41) is 0. The van der Waals surface area contributed by atoms with Gasteiger partial charge in [-0.2, -0.15) is 0 Å². The molecule has 2 fully saturated rings. The summed E-state index contributed by atoms with van der Waals surface area (Å²) in [5.41, 5.74) is 0. The topological polar surface area (TPSA) is 148 Å². The first-order valence-corrected chi connectivity index (χ1v) is 64.5. The van der Waals surface area contributed by atoms with E-state index in [2.05, 4.69) is 91.7 Å². The van der Waals surface area contributed by atoms with E-state index in [-0.39, 0.29) is 37.1 Å². The van der Waals surface area contributed by atoms with E-state index in [0.29, 0.717) is 0 Å². The lowest BCUT2D eigenvalue weighted by molar-refractivity contribution is 0.222. The van der Waals surface area contributed by atoms with Gasteiger partial charge in [0, 0.05) is 42.7 Å². The molecule has 2 aliphatic heterocycles. The molecule has 0 amide bonds. The van der Waals surface area contributed by atoms with Crippen molar-refractivity contribution in [3.8, 4) is 0 Å². The predicted molar refractivity (Wildman–Crippen MR) is 360 cm³/mol. The minimum atomic E-state index is -2.84. The van der Waals surface area contributed by atoms with Crippen molar-refractivity contribution in [2.45, 2.75) is 225 Å². The standard InChI is InChI=1S/C36H104O16Si17.5CH4/c1-37-53-21-27-62(13)45-64(15,29-23-55-39-3)49-68(19,50-65(16,46-62)30-24-56-40-4)35-33-59(7,8)43-61(11,12)44-60(9,10)34-36-69(20)51-66(17,31-25-57-41-5)47-63(14,28-22-54-38-2)48-67(18,52-69)32-26-58-42-6;;;;;/h21-36,53-58H2,1-20H3;5*1H4. The van der Waals surface area contributed by atoms with Gasteiger partial charge in [0.2, 0.25) is 0 Å². The summed E-state index contributed by atoms with van der Waals surface area (Å²) in [7, 11) is -22.0. The highest BCUT2D eigenvalue weighted by atomic mass is 28.5. The van der Waals surface area contributed by atoms with E-state index in [9.17, 15) is 0 Å². The molecule has 2 aliphatic rings. The van der Waals surface area contributed by atoms with E-state index in [1.807, 2.05) is 42.7 Å². The quantitative estimate of drug-likeness (QED) is 0.0446. The summed E-state index contributed by atoms with van der Waals surface area (Å²) in [6.45, 7) is 32.1. The first-order valence-electron chi connectivity index (χ1n) is 25.8. The van der Waals surface area contributed by atoms with Gasteiger partial charge in [0.05, 0.1) is 0 Å². The molecule has 2 rings (SSSR count). The summed E-state index contributed by atoms with van der Waals surface area (Å²) in [5.74, 6) is 0. The maximum absolute atomic E-state index is 7.52. The molecule has 0 saturated carbocycles. The smallest absolute Gasteiger partial charge is 0.317 e. The molecule has 33 heteroatoms. The van der Waals surface area contributed by atoms with Crippen LogP contribution in [0, 0.1) is 0 Å². The Morgan fingerprint density at radius 1 is 0.284 bits per heavy atom. The Kier molecular flexibility index (Phi) is 42.2. The predicted octanol–water partition coefficient (Wildman–Crippen LogP) is 8.94. The van der Waals surface area contributed by atoms with Crippen molar-refractivity contribution in [1.29, 1.82) is 0 Å². The van der Waals surface area contributed by atoms with Gasteiger partial charge < -0.3 is 67.7 Å². The van der Waals surface area contributed by atoms with Crippen LogP contribution < -0.4 is 0 Å². The molecule has 0 aromatic rings. The molecule has 2 heterocycles. The van der Waals surface area contributed by atoms with Crippen molar-refractivity contribution in [2.75, 3.05) is 42.7 Å². The van der Waals surface area contributed by atoms with Crippen molar-refractivity contribution in [2.24, 2.45) is 0 Å². The highest BCUT2D eigenvalue weighted by Crippen LogP contribution is 2.42. The van der Waals surface area contributed by atoms with E-state index in [1.54, 1.807) is 0 Å². The second-order valence-electron chi connectivity index (χ2n) is 22.6. The second kappa shape index (κ2) is 37.4. The Morgan fingerprint density at radius 2 is 0.432 bits per heavy atom. The van der Waals surface area contributed by atoms with E-state index >= 15 is 0 Å². The minimum absolute atomic E-state index is 0. The fourth-order valence-corrected chi connectivity index (χ4v) is 91.5. The molecular formula is C41H124O16Si17. The summed E-state index contributed by atoms with van der Waals surface area (Å²) >= 11 is 0. The fourth-order valence-electron chi connectivity index (χ4n) is 10.4. The third kappa shape index (κ3) is 32.2. The van der Waals surface area contributed by atoms with Crippen molar-refractivity contribution >= 4 is 152 Å². The van der Waals surface area contributed by atoms with Crippen LogP contribution >= 0.6 is 0 Å². The lowest BCUT2D eigenvalue weighted by Crippen LogP contribution is -2.67. The lowest BCUT2D eigenvalue weighted by Gasteiger charge is -2.51. The summed E-state index contributed by atoms with van der Waals surface area (Å²) in [4.78, 5) is 0. The average Bonchev–Trinajstić information content (AvgIpc) is 3.18. The molecule has 0 aromatic heterocycles. The fraction of sp³-hybridized carbons (Fsp3) is 1.00. The third-order valence-corrected chi connectivity index (χ3v) is 73.1. The molecule has 0 N–H and O–H groups in total. The molecule has 4 atom stereocenters. The van der Waals surface area contributed by atoms with Crippen LogP contribution in [0.4, 0.5) is 0 Å². The first kappa shape index (κ1) is 83.5. The second-order valence-corrected chi connectivity index (χ2v) is 73.9. The third-order valence-electron chi connectivity index (χ3n) is 12.7. The Balaban J connectivity index is -0.00000490. The van der Waals surface area contributed by atoms with Crippen LogP contribution in [0.3, 0.4) is 0 Å². The van der Waals surface area contributed by atoms with Crippen LogP contribution in [-0.2, 0) is 67.7 Å². The van der Waals surface area contributed by atoms with Gasteiger partial charge in [-0.25, -0.2) is 0 Å². The Morgan fingerprint density at radius 3 is 0.581 bits per heavy atom. The normalized spacial score (nSPS) is 31.9. The van der Waals surface area contributed by atoms with Crippen LogP contribution in [0.15, 0.2) is 0 Å². The van der Waals surface area contributed by atoms with Crippen LogP contribution in [0.1, 0.15) is 37.1 Å². The lowest BCUT2D eigenvalue weighted by atomic mass is 10.9. The van der Waals surface area contributed by atoms with Crippen molar-refractivity contribution in [1.82, 2.24) is 0 Å². The maximum atomic E-state index is 7.52. The SMILES string of the molecule is C.C.C.C.C.CO[SiH2]CC[Si]1(C)O[Si](C)(CC[SiH2]OC)O[Si](C)(CC[Si](C)(C)O[Si](C)(C)O[Si](C)(C)CC[Si]2(C)O[Si](C)(CC[SiH2]OC)O[Si](C)(CC[SiH2]OC)O[Si](C)(CC[SiH2]OC)O2)O[Si](C)(CC[SiH2]OC)O1. The van der Waals surface area contributed by atoms with Gasteiger partial charge in [0.15, 0.2) is 75.2 Å². The summed E-state index contributed by atoms with van der Waals surface area (Å²) < 4.78 is 108. The van der Waals surface area contributed by atoms with Crippen LogP contribution in [0.5, 0.6) is 0 Å². The molecule has 2 saturated heterocycles. The van der Waals surface area contributed by atoms with E-state index in [0.717, 1.165) is 96.7 Å². The van der Waals surface area contributed by atoms with Crippen LogP contribution in [-0.4, -0.2) is 195 Å². The Hall–Kier alpha value is 3.05. The van der Waals surface area contributed by atoms with Crippen LogP contribution in [0.25, 0.3) is 0 Å². The van der Waals surface area contributed by atoms with Gasteiger partial charge in [0.1, 0.15) is 0 Å². The van der Waals surface area contributed by atoms with Crippen molar-refractivity contribution < 1.29 is 67.7 Å². The van der Waals surface area contributed by atoms with Crippen molar-refractivity contribution in [3.63, 3.8) is 0 Å². The van der Waals surface area contributed by atoms with E-state index in [4.69, 9.17) is 67.7 Å². The first-order chi connectivity index (χ1) is 31.8. The summed E-state index contributed by atoms with van der Waals surface area (Å²) in [6, 6.07) is 15.0. The van der Waals surface area contributed by atoms with Gasteiger partial charge in [0.25, 0.3) is 0 Å². The highest BCUT2D eigenvalue weighted by molar-refractivity contribution is 6.96. The molecule has 16 nitrogen and oxygen atoms in total. The highest BCUT2D eigenvalue weighted by Gasteiger charge is 2.59. The molecule has 0 aliphatic carbocycles. The van der Waals surface area contributed by atoms with Gasteiger partial charge in [-0.1, -0.05) is 37.1 Å². The molecular weight excluding hydrogens is 1230 g/mol. The molecule has 0 spiro atoms.